The van der Waals surface area contributed by atoms with Crippen molar-refractivity contribution >= 4 is 11.8 Å². The number of aryl methyl sites for hydroxylation is 1. The van der Waals surface area contributed by atoms with Crippen molar-refractivity contribution in [3.8, 4) is 0 Å². The zero-order valence-electron chi connectivity index (χ0n) is 13.9. The molecule has 2 aliphatic rings. The Labute approximate surface area is 141 Å². The van der Waals surface area contributed by atoms with Gasteiger partial charge in [0.15, 0.2) is 0 Å². The van der Waals surface area contributed by atoms with E-state index in [1.54, 1.807) is 10.9 Å². The summed E-state index contributed by atoms with van der Waals surface area (Å²) in [4.78, 5) is 25.8. The molecule has 0 radical (unpaired) electrons. The maximum atomic E-state index is 12.2. The zero-order valence-corrected chi connectivity index (χ0v) is 13.9. The van der Waals surface area contributed by atoms with Crippen LogP contribution in [0.25, 0.3) is 0 Å². The van der Waals surface area contributed by atoms with Crippen LogP contribution in [0.4, 0.5) is 0 Å². The summed E-state index contributed by atoms with van der Waals surface area (Å²) in [5.41, 5.74) is 1.00. The number of hydrogen-bond donors (Lipinski definition) is 3. The van der Waals surface area contributed by atoms with Crippen LogP contribution in [-0.2, 0) is 16.1 Å². The Bertz CT molecular complexity index is 602. The fourth-order valence-corrected chi connectivity index (χ4v) is 3.61. The van der Waals surface area contributed by atoms with Gasteiger partial charge in [0.05, 0.1) is 24.9 Å². The molecule has 0 bridgehead atoms. The van der Waals surface area contributed by atoms with Gasteiger partial charge in [-0.1, -0.05) is 0 Å². The SMILES string of the molecule is Cc1cnn(CC(=O)N[C@@H]2CCC[C@@H](N3CCNC(=O)C3)[C@@H]2O)c1. The minimum atomic E-state index is -0.659. The monoisotopic (exact) mass is 335 g/mol. The molecule has 132 valence electrons. The molecule has 1 aromatic rings. The van der Waals surface area contributed by atoms with Crippen LogP contribution in [0.15, 0.2) is 12.4 Å². The molecule has 8 heteroatoms. The van der Waals surface area contributed by atoms with E-state index in [9.17, 15) is 14.7 Å². The number of nitrogens with one attached hydrogen (secondary N) is 2. The van der Waals surface area contributed by atoms with E-state index in [2.05, 4.69) is 15.7 Å². The predicted molar refractivity (Wildman–Crippen MR) is 87.1 cm³/mol. The topological polar surface area (TPSA) is 99.5 Å². The highest BCUT2D eigenvalue weighted by molar-refractivity contribution is 5.78. The summed E-state index contributed by atoms with van der Waals surface area (Å²) in [5, 5.41) is 20.5. The number of rotatable bonds is 4. The first-order valence-electron chi connectivity index (χ1n) is 8.50. The number of aromatic nitrogens is 2. The summed E-state index contributed by atoms with van der Waals surface area (Å²) in [5.74, 6) is -0.159. The average Bonchev–Trinajstić information content (AvgIpc) is 2.94. The van der Waals surface area contributed by atoms with E-state index in [0.717, 1.165) is 31.4 Å². The second-order valence-electron chi connectivity index (χ2n) is 6.70. The normalized spacial score (nSPS) is 28.4. The second kappa shape index (κ2) is 7.31. The quantitative estimate of drug-likeness (QED) is 0.657. The fourth-order valence-electron chi connectivity index (χ4n) is 3.61. The predicted octanol–water partition coefficient (Wildman–Crippen LogP) is -0.978. The highest BCUT2D eigenvalue weighted by Crippen LogP contribution is 2.24. The first-order chi connectivity index (χ1) is 11.5. The number of carbonyl (C=O) groups excluding carboxylic acids is 2. The van der Waals surface area contributed by atoms with Crippen LogP contribution in [0.3, 0.4) is 0 Å². The van der Waals surface area contributed by atoms with E-state index >= 15 is 0 Å². The number of piperazine rings is 1. The minimum Gasteiger partial charge on any atom is -0.389 e. The number of amides is 2. The molecule has 2 amide bonds. The number of nitrogens with zero attached hydrogens (tertiary/aromatic N) is 3. The molecular weight excluding hydrogens is 310 g/mol. The molecule has 3 rings (SSSR count). The molecule has 0 aromatic carbocycles. The number of aliphatic hydroxyl groups is 1. The summed E-state index contributed by atoms with van der Waals surface area (Å²) in [6.45, 7) is 3.73. The first kappa shape index (κ1) is 16.9. The van der Waals surface area contributed by atoms with Gasteiger partial charge in [-0.15, -0.1) is 0 Å². The summed E-state index contributed by atoms with van der Waals surface area (Å²) in [6, 6.07) is -0.361. The van der Waals surface area contributed by atoms with Gasteiger partial charge in [0, 0.05) is 25.3 Å². The van der Waals surface area contributed by atoms with Gasteiger partial charge in [-0.3, -0.25) is 19.2 Å². The molecule has 1 aromatic heterocycles. The number of hydrogen-bond acceptors (Lipinski definition) is 5. The summed E-state index contributed by atoms with van der Waals surface area (Å²) >= 11 is 0. The van der Waals surface area contributed by atoms with Crippen LogP contribution < -0.4 is 10.6 Å². The van der Waals surface area contributed by atoms with Crippen LogP contribution >= 0.6 is 0 Å². The lowest BCUT2D eigenvalue weighted by Gasteiger charge is -2.42. The van der Waals surface area contributed by atoms with Crippen LogP contribution in [0, 0.1) is 6.92 Å². The standard InChI is InChI=1S/C16H25N5O3/c1-11-7-18-21(8-11)10-15(23)19-12-3-2-4-13(16(12)24)20-6-5-17-14(22)9-20/h7-8,12-13,16,24H,2-6,9-10H2,1H3,(H,17,22)(H,19,23)/t12-,13-,16-/m1/s1. The van der Waals surface area contributed by atoms with Crippen molar-refractivity contribution in [1.82, 2.24) is 25.3 Å². The van der Waals surface area contributed by atoms with Gasteiger partial charge >= 0.3 is 0 Å². The Hall–Kier alpha value is -1.93. The molecule has 24 heavy (non-hydrogen) atoms. The molecule has 8 nitrogen and oxygen atoms in total. The van der Waals surface area contributed by atoms with Gasteiger partial charge in [-0.25, -0.2) is 0 Å². The zero-order chi connectivity index (χ0) is 17.1. The Morgan fingerprint density at radius 3 is 3.04 bits per heavy atom. The Morgan fingerprint density at radius 2 is 2.33 bits per heavy atom. The molecule has 0 unspecified atom stereocenters. The fraction of sp³-hybridized carbons (Fsp3) is 0.688. The largest absolute Gasteiger partial charge is 0.389 e. The van der Waals surface area contributed by atoms with Gasteiger partial charge in [-0.05, 0) is 31.7 Å². The Kier molecular flexibility index (Phi) is 5.15. The van der Waals surface area contributed by atoms with Crippen LogP contribution in [0.1, 0.15) is 24.8 Å². The highest BCUT2D eigenvalue weighted by atomic mass is 16.3. The smallest absolute Gasteiger partial charge is 0.242 e. The summed E-state index contributed by atoms with van der Waals surface area (Å²) in [6.07, 6.45) is 5.38. The van der Waals surface area contributed by atoms with Crippen LogP contribution in [0.2, 0.25) is 0 Å². The molecule has 0 spiro atoms. The van der Waals surface area contributed by atoms with E-state index in [1.807, 2.05) is 18.0 Å². The summed E-state index contributed by atoms with van der Waals surface area (Å²) in [7, 11) is 0. The molecule has 1 aliphatic carbocycles. The number of aliphatic hydroxyl groups excluding tert-OH is 1. The van der Waals surface area contributed by atoms with E-state index in [4.69, 9.17) is 0 Å². The molecule has 2 heterocycles. The Balaban J connectivity index is 1.57. The highest BCUT2D eigenvalue weighted by Gasteiger charge is 2.37. The third-order valence-corrected chi connectivity index (χ3v) is 4.77. The van der Waals surface area contributed by atoms with Crippen molar-refractivity contribution in [1.29, 1.82) is 0 Å². The van der Waals surface area contributed by atoms with Crippen molar-refractivity contribution in [2.45, 2.75) is 50.9 Å². The molecule has 3 atom stereocenters. The van der Waals surface area contributed by atoms with E-state index in [-0.39, 0.29) is 30.4 Å². The number of carbonyl (C=O) groups is 2. The lowest BCUT2D eigenvalue weighted by atomic mass is 9.86. The van der Waals surface area contributed by atoms with Crippen molar-refractivity contribution in [2.24, 2.45) is 0 Å². The van der Waals surface area contributed by atoms with E-state index in [0.29, 0.717) is 13.1 Å². The second-order valence-corrected chi connectivity index (χ2v) is 6.70. The maximum Gasteiger partial charge on any atom is 0.242 e. The van der Waals surface area contributed by atoms with Gasteiger partial charge in [0.1, 0.15) is 6.54 Å². The third kappa shape index (κ3) is 3.93. The lowest BCUT2D eigenvalue weighted by Crippen LogP contribution is -2.61. The van der Waals surface area contributed by atoms with E-state index < -0.39 is 6.10 Å². The van der Waals surface area contributed by atoms with Crippen molar-refractivity contribution in [2.75, 3.05) is 19.6 Å². The molecule has 2 fully saturated rings. The first-order valence-corrected chi connectivity index (χ1v) is 8.50. The van der Waals surface area contributed by atoms with Crippen LogP contribution in [-0.4, -0.2) is 69.4 Å². The molecule has 1 saturated carbocycles. The van der Waals surface area contributed by atoms with E-state index in [1.165, 1.54) is 0 Å². The van der Waals surface area contributed by atoms with Gasteiger partial charge < -0.3 is 15.7 Å². The minimum absolute atomic E-state index is 0.00587. The van der Waals surface area contributed by atoms with Crippen molar-refractivity contribution in [3.63, 3.8) is 0 Å². The molecule has 3 N–H and O–H groups in total. The summed E-state index contributed by atoms with van der Waals surface area (Å²) < 4.78 is 1.59. The Morgan fingerprint density at radius 1 is 1.50 bits per heavy atom. The van der Waals surface area contributed by atoms with Gasteiger partial charge in [0.2, 0.25) is 11.8 Å². The van der Waals surface area contributed by atoms with Crippen molar-refractivity contribution < 1.29 is 14.7 Å². The van der Waals surface area contributed by atoms with Gasteiger partial charge in [-0.2, -0.15) is 5.10 Å². The van der Waals surface area contributed by atoms with Crippen LogP contribution in [0.5, 0.6) is 0 Å². The molecular formula is C16H25N5O3. The lowest BCUT2D eigenvalue weighted by molar-refractivity contribution is -0.129. The van der Waals surface area contributed by atoms with Crippen molar-refractivity contribution in [3.05, 3.63) is 18.0 Å². The molecule has 1 aliphatic heterocycles. The average molecular weight is 335 g/mol. The maximum absolute atomic E-state index is 12.2. The third-order valence-electron chi connectivity index (χ3n) is 4.77. The molecule has 1 saturated heterocycles. The van der Waals surface area contributed by atoms with Gasteiger partial charge in [0.25, 0.3) is 0 Å².